The maximum absolute atomic E-state index is 4.22. The van der Waals surface area contributed by atoms with Gasteiger partial charge in [0.25, 0.3) is 0 Å². The van der Waals surface area contributed by atoms with Gasteiger partial charge in [-0.25, -0.2) is 4.68 Å². The van der Waals surface area contributed by atoms with Crippen molar-refractivity contribution in [3.63, 3.8) is 0 Å². The summed E-state index contributed by atoms with van der Waals surface area (Å²) in [4.78, 5) is 1.30. The van der Waals surface area contributed by atoms with Gasteiger partial charge in [0, 0.05) is 4.88 Å². The van der Waals surface area contributed by atoms with Crippen LogP contribution in [0.3, 0.4) is 0 Å². The fourth-order valence-electron chi connectivity index (χ4n) is 2.27. The Bertz CT molecular complexity index is 491. The molecule has 0 saturated carbocycles. The number of hydrogen-bond donors (Lipinski definition) is 1. The lowest BCUT2D eigenvalue weighted by molar-refractivity contribution is 0.374. The minimum Gasteiger partial charge on any atom is -0.308 e. The predicted octanol–water partition coefficient (Wildman–Crippen LogP) is 2.65. The molecule has 0 aliphatic rings. The van der Waals surface area contributed by atoms with Crippen molar-refractivity contribution in [3.05, 3.63) is 28.2 Å². The molecule has 2 unspecified atom stereocenters. The molecule has 0 amide bonds. The molecule has 5 nitrogen and oxygen atoms in total. The van der Waals surface area contributed by atoms with Gasteiger partial charge in [-0.2, -0.15) is 0 Å². The van der Waals surface area contributed by atoms with Gasteiger partial charge in [0.05, 0.1) is 12.1 Å². The smallest absolute Gasteiger partial charge is 0.168 e. The van der Waals surface area contributed by atoms with Crippen LogP contribution in [0.15, 0.2) is 17.5 Å². The van der Waals surface area contributed by atoms with Gasteiger partial charge in [0.2, 0.25) is 0 Å². The van der Waals surface area contributed by atoms with Crippen LogP contribution in [-0.4, -0.2) is 26.8 Å². The standard InChI is InChI=1S/C13H21N5S/c1-5-14-10(4)13-15-16-17-18(13)12(9(2)3)11-7-6-8-19-11/h6-10,12,14H,5H2,1-4H3. The molecular weight excluding hydrogens is 258 g/mol. The zero-order chi connectivity index (χ0) is 13.8. The van der Waals surface area contributed by atoms with Gasteiger partial charge < -0.3 is 5.32 Å². The van der Waals surface area contributed by atoms with Gasteiger partial charge in [-0.1, -0.05) is 26.8 Å². The van der Waals surface area contributed by atoms with Crippen molar-refractivity contribution in [2.75, 3.05) is 6.54 Å². The molecule has 2 atom stereocenters. The molecule has 0 saturated heterocycles. The van der Waals surface area contributed by atoms with Gasteiger partial charge in [0.1, 0.15) is 0 Å². The lowest BCUT2D eigenvalue weighted by Gasteiger charge is -2.22. The SMILES string of the molecule is CCNC(C)c1nnnn1C(c1cccs1)C(C)C. The lowest BCUT2D eigenvalue weighted by atomic mass is 10.0. The van der Waals surface area contributed by atoms with Crippen LogP contribution in [0.25, 0.3) is 0 Å². The molecule has 2 heterocycles. The summed E-state index contributed by atoms with van der Waals surface area (Å²) in [5.74, 6) is 1.34. The topological polar surface area (TPSA) is 55.6 Å². The van der Waals surface area contributed by atoms with Gasteiger partial charge in [-0.3, -0.25) is 0 Å². The summed E-state index contributed by atoms with van der Waals surface area (Å²) in [6.45, 7) is 9.49. The van der Waals surface area contributed by atoms with E-state index in [1.54, 1.807) is 11.3 Å². The number of nitrogens with one attached hydrogen (secondary N) is 1. The van der Waals surface area contributed by atoms with E-state index in [0.717, 1.165) is 12.4 Å². The molecule has 0 fully saturated rings. The van der Waals surface area contributed by atoms with Crippen LogP contribution in [0.4, 0.5) is 0 Å². The Labute approximate surface area is 118 Å². The monoisotopic (exact) mass is 279 g/mol. The predicted molar refractivity (Wildman–Crippen MR) is 77.2 cm³/mol. The highest BCUT2D eigenvalue weighted by atomic mass is 32.1. The Morgan fingerprint density at radius 1 is 1.37 bits per heavy atom. The molecular formula is C13H21N5S. The first-order valence-corrected chi connectivity index (χ1v) is 7.57. The highest BCUT2D eigenvalue weighted by Crippen LogP contribution is 2.30. The minimum absolute atomic E-state index is 0.154. The lowest BCUT2D eigenvalue weighted by Crippen LogP contribution is -2.26. The van der Waals surface area contributed by atoms with Crippen LogP contribution in [0.5, 0.6) is 0 Å². The van der Waals surface area contributed by atoms with E-state index in [9.17, 15) is 0 Å². The third kappa shape index (κ3) is 3.01. The van der Waals surface area contributed by atoms with E-state index in [1.807, 2.05) is 4.68 Å². The minimum atomic E-state index is 0.154. The molecule has 0 aliphatic heterocycles. The van der Waals surface area contributed by atoms with Crippen LogP contribution < -0.4 is 5.32 Å². The van der Waals surface area contributed by atoms with E-state index in [2.05, 4.69) is 66.0 Å². The number of tetrazole rings is 1. The third-order valence-corrected chi connectivity index (χ3v) is 4.09. The van der Waals surface area contributed by atoms with Gasteiger partial charge in [-0.15, -0.1) is 16.4 Å². The summed E-state index contributed by atoms with van der Waals surface area (Å²) in [5, 5.41) is 17.7. The summed E-state index contributed by atoms with van der Waals surface area (Å²) in [6, 6.07) is 4.58. The Hall–Kier alpha value is -1.27. The largest absolute Gasteiger partial charge is 0.308 e. The zero-order valence-electron chi connectivity index (χ0n) is 11.9. The average molecular weight is 279 g/mol. The van der Waals surface area contributed by atoms with Crippen molar-refractivity contribution in [1.82, 2.24) is 25.5 Å². The molecule has 0 spiro atoms. The third-order valence-electron chi connectivity index (χ3n) is 3.15. The molecule has 1 N–H and O–H groups in total. The quantitative estimate of drug-likeness (QED) is 0.883. The second-order valence-corrected chi connectivity index (χ2v) is 5.94. The highest BCUT2D eigenvalue weighted by molar-refractivity contribution is 7.10. The van der Waals surface area contributed by atoms with Crippen LogP contribution in [0.1, 0.15) is 50.5 Å². The first kappa shape index (κ1) is 14.1. The van der Waals surface area contributed by atoms with Crippen molar-refractivity contribution >= 4 is 11.3 Å². The second kappa shape index (κ2) is 6.25. The molecule has 2 aromatic rings. The number of aromatic nitrogens is 4. The molecule has 0 aliphatic carbocycles. The molecule has 2 aromatic heterocycles. The fraction of sp³-hybridized carbons (Fsp3) is 0.615. The molecule has 0 bridgehead atoms. The Kier molecular flexibility index (Phi) is 4.66. The fourth-order valence-corrected chi connectivity index (χ4v) is 3.26. The summed E-state index contributed by atoms with van der Waals surface area (Å²) in [7, 11) is 0. The highest BCUT2D eigenvalue weighted by Gasteiger charge is 2.25. The second-order valence-electron chi connectivity index (χ2n) is 4.97. The zero-order valence-corrected chi connectivity index (χ0v) is 12.7. The summed E-state index contributed by atoms with van der Waals surface area (Å²) >= 11 is 1.75. The molecule has 0 aromatic carbocycles. The molecule has 19 heavy (non-hydrogen) atoms. The molecule has 6 heteroatoms. The Morgan fingerprint density at radius 3 is 2.74 bits per heavy atom. The maximum Gasteiger partial charge on any atom is 0.168 e. The van der Waals surface area contributed by atoms with Crippen LogP contribution >= 0.6 is 11.3 Å². The summed E-state index contributed by atoms with van der Waals surface area (Å²) in [5.41, 5.74) is 0. The molecule has 104 valence electrons. The van der Waals surface area contributed by atoms with E-state index >= 15 is 0 Å². The van der Waals surface area contributed by atoms with Crippen molar-refractivity contribution in [2.45, 2.75) is 39.8 Å². The number of rotatable bonds is 6. The Morgan fingerprint density at radius 2 is 2.16 bits per heavy atom. The van der Waals surface area contributed by atoms with Gasteiger partial charge in [-0.05, 0) is 41.3 Å². The van der Waals surface area contributed by atoms with Gasteiger partial charge >= 0.3 is 0 Å². The van der Waals surface area contributed by atoms with Crippen molar-refractivity contribution in [1.29, 1.82) is 0 Å². The van der Waals surface area contributed by atoms with E-state index < -0.39 is 0 Å². The van der Waals surface area contributed by atoms with Crippen LogP contribution in [0.2, 0.25) is 0 Å². The van der Waals surface area contributed by atoms with E-state index in [4.69, 9.17) is 0 Å². The van der Waals surface area contributed by atoms with Crippen LogP contribution in [0, 0.1) is 5.92 Å². The van der Waals surface area contributed by atoms with E-state index in [-0.39, 0.29) is 12.1 Å². The van der Waals surface area contributed by atoms with Crippen molar-refractivity contribution in [2.24, 2.45) is 5.92 Å². The molecule has 0 radical (unpaired) electrons. The van der Waals surface area contributed by atoms with Crippen molar-refractivity contribution < 1.29 is 0 Å². The molecule has 2 rings (SSSR count). The first-order chi connectivity index (χ1) is 9.15. The number of thiophene rings is 1. The summed E-state index contributed by atoms with van der Waals surface area (Å²) in [6.07, 6.45) is 0. The van der Waals surface area contributed by atoms with Crippen LogP contribution in [-0.2, 0) is 0 Å². The van der Waals surface area contributed by atoms with Crippen molar-refractivity contribution in [3.8, 4) is 0 Å². The van der Waals surface area contributed by atoms with E-state index in [0.29, 0.717) is 5.92 Å². The summed E-state index contributed by atoms with van der Waals surface area (Å²) < 4.78 is 1.96. The first-order valence-electron chi connectivity index (χ1n) is 6.69. The average Bonchev–Trinajstić information content (AvgIpc) is 3.00. The van der Waals surface area contributed by atoms with Gasteiger partial charge in [0.15, 0.2) is 5.82 Å². The number of nitrogens with zero attached hydrogens (tertiary/aromatic N) is 4. The Balaban J connectivity index is 2.36. The normalized spacial score (nSPS) is 14.8. The number of hydrogen-bond acceptors (Lipinski definition) is 5. The van der Waals surface area contributed by atoms with E-state index in [1.165, 1.54) is 4.88 Å². The maximum atomic E-state index is 4.22.